The molecule has 0 bridgehead atoms. The molecule has 0 spiro atoms. The van der Waals surface area contributed by atoms with Gasteiger partial charge in [0.1, 0.15) is 6.61 Å². The van der Waals surface area contributed by atoms with Gasteiger partial charge in [-0.1, -0.05) is 23.7 Å². The fourth-order valence-electron chi connectivity index (χ4n) is 1.55. The molecule has 0 radical (unpaired) electrons. The summed E-state index contributed by atoms with van der Waals surface area (Å²) in [6.45, 7) is 2.29. The molecule has 0 aliphatic heterocycles. The summed E-state index contributed by atoms with van der Waals surface area (Å²) >= 11 is 5.81. The molecular formula is C14H14ClNO2. The van der Waals surface area contributed by atoms with Gasteiger partial charge in [0, 0.05) is 16.8 Å². The van der Waals surface area contributed by atoms with Gasteiger partial charge in [-0.25, -0.2) is 4.98 Å². The van der Waals surface area contributed by atoms with E-state index >= 15 is 0 Å². The summed E-state index contributed by atoms with van der Waals surface area (Å²) in [4.78, 5) is 4.27. The quantitative estimate of drug-likeness (QED) is 0.922. The summed E-state index contributed by atoms with van der Waals surface area (Å²) in [5.74, 6) is 0.555. The number of rotatable bonds is 4. The van der Waals surface area contributed by atoms with Crippen LogP contribution in [0.15, 0.2) is 36.4 Å². The van der Waals surface area contributed by atoms with Crippen LogP contribution in [0.2, 0.25) is 5.02 Å². The average Bonchev–Trinajstić information content (AvgIpc) is 2.38. The fourth-order valence-corrected chi connectivity index (χ4v) is 1.68. The number of benzene rings is 1. The zero-order valence-electron chi connectivity index (χ0n) is 10.1. The van der Waals surface area contributed by atoms with E-state index in [1.807, 2.05) is 37.3 Å². The van der Waals surface area contributed by atoms with Gasteiger partial charge in [0.15, 0.2) is 0 Å². The van der Waals surface area contributed by atoms with Gasteiger partial charge < -0.3 is 9.84 Å². The first-order chi connectivity index (χ1) is 8.69. The lowest BCUT2D eigenvalue weighted by molar-refractivity contribution is 0.276. The van der Waals surface area contributed by atoms with Crippen molar-refractivity contribution in [3.05, 3.63) is 58.2 Å². The van der Waals surface area contributed by atoms with Gasteiger partial charge in [-0.2, -0.15) is 0 Å². The highest BCUT2D eigenvalue weighted by molar-refractivity contribution is 6.30. The molecule has 1 N–H and O–H groups in total. The highest BCUT2D eigenvalue weighted by atomic mass is 35.5. The second-order valence-corrected chi connectivity index (χ2v) is 4.40. The third kappa shape index (κ3) is 3.22. The number of aliphatic hydroxyl groups is 1. The molecule has 0 aliphatic rings. The highest BCUT2D eigenvalue weighted by Crippen LogP contribution is 2.15. The van der Waals surface area contributed by atoms with Crippen molar-refractivity contribution in [2.24, 2.45) is 0 Å². The maximum atomic E-state index is 9.05. The summed E-state index contributed by atoms with van der Waals surface area (Å²) in [6.07, 6.45) is 0. The van der Waals surface area contributed by atoms with Crippen molar-refractivity contribution in [1.82, 2.24) is 4.98 Å². The first-order valence-corrected chi connectivity index (χ1v) is 6.01. The largest absolute Gasteiger partial charge is 0.473 e. The van der Waals surface area contributed by atoms with E-state index in [2.05, 4.69) is 4.98 Å². The highest BCUT2D eigenvalue weighted by Gasteiger charge is 2.02. The summed E-state index contributed by atoms with van der Waals surface area (Å²) in [6, 6.07) is 11.1. The van der Waals surface area contributed by atoms with E-state index in [1.165, 1.54) is 0 Å². The van der Waals surface area contributed by atoms with Crippen molar-refractivity contribution in [2.75, 3.05) is 0 Å². The number of halogens is 1. The Morgan fingerprint density at radius 1 is 1.17 bits per heavy atom. The van der Waals surface area contributed by atoms with Crippen LogP contribution in [0, 0.1) is 6.92 Å². The van der Waals surface area contributed by atoms with Gasteiger partial charge >= 0.3 is 0 Å². The smallest absolute Gasteiger partial charge is 0.213 e. The molecule has 0 fully saturated rings. The van der Waals surface area contributed by atoms with Crippen LogP contribution in [0.3, 0.4) is 0 Å². The molecule has 1 aromatic carbocycles. The SMILES string of the molecule is Cc1nc(OCc2ccc(Cl)cc2)ccc1CO. The monoisotopic (exact) mass is 263 g/mol. The minimum absolute atomic E-state index is 0.00367. The van der Waals surface area contributed by atoms with Crippen LogP contribution >= 0.6 is 11.6 Å². The van der Waals surface area contributed by atoms with Crippen molar-refractivity contribution in [1.29, 1.82) is 0 Å². The third-order valence-electron chi connectivity index (χ3n) is 2.64. The number of aliphatic hydroxyl groups excluding tert-OH is 1. The zero-order chi connectivity index (χ0) is 13.0. The van der Waals surface area contributed by atoms with Gasteiger partial charge in [-0.05, 0) is 36.2 Å². The molecule has 0 unspecified atom stereocenters. The van der Waals surface area contributed by atoms with E-state index in [4.69, 9.17) is 21.4 Å². The standard InChI is InChI=1S/C14H14ClNO2/c1-10-12(8-17)4-7-14(16-10)18-9-11-2-5-13(15)6-3-11/h2-7,17H,8-9H2,1H3. The Bertz CT molecular complexity index is 526. The second-order valence-electron chi connectivity index (χ2n) is 3.97. The molecule has 0 aliphatic carbocycles. The molecule has 0 saturated heterocycles. The molecule has 0 atom stereocenters. The number of hydrogen-bond acceptors (Lipinski definition) is 3. The normalized spacial score (nSPS) is 10.4. The summed E-state index contributed by atoms with van der Waals surface area (Å²) in [5, 5.41) is 9.76. The predicted octanol–water partition coefficient (Wildman–Crippen LogP) is 3.11. The Kier molecular flexibility index (Phi) is 4.18. The van der Waals surface area contributed by atoms with Gasteiger partial charge in [0.05, 0.1) is 6.61 Å². The van der Waals surface area contributed by atoms with Crippen molar-refractivity contribution in [2.45, 2.75) is 20.1 Å². The fraction of sp³-hybridized carbons (Fsp3) is 0.214. The lowest BCUT2D eigenvalue weighted by atomic mass is 10.2. The molecule has 2 rings (SSSR count). The minimum atomic E-state index is -0.00367. The summed E-state index contributed by atoms with van der Waals surface area (Å²) < 4.78 is 5.58. The van der Waals surface area contributed by atoms with Gasteiger partial charge in [-0.3, -0.25) is 0 Å². The second kappa shape index (κ2) is 5.85. The van der Waals surface area contributed by atoms with Gasteiger partial charge in [-0.15, -0.1) is 0 Å². The van der Waals surface area contributed by atoms with Gasteiger partial charge in [0.25, 0.3) is 0 Å². The first kappa shape index (κ1) is 12.9. The lowest BCUT2D eigenvalue weighted by Gasteiger charge is -2.08. The Hall–Kier alpha value is -1.58. The Balaban J connectivity index is 2.02. The summed E-state index contributed by atoms with van der Waals surface area (Å²) in [7, 11) is 0. The average molecular weight is 264 g/mol. The number of ether oxygens (including phenoxy) is 1. The molecule has 0 amide bonds. The van der Waals surface area contributed by atoms with Crippen LogP contribution in [-0.4, -0.2) is 10.1 Å². The lowest BCUT2D eigenvalue weighted by Crippen LogP contribution is -2.00. The van der Waals surface area contributed by atoms with Crippen LogP contribution in [0.4, 0.5) is 0 Å². The number of hydrogen-bond donors (Lipinski definition) is 1. The molecule has 0 saturated carbocycles. The molecular weight excluding hydrogens is 250 g/mol. The van der Waals surface area contributed by atoms with E-state index in [9.17, 15) is 0 Å². The predicted molar refractivity (Wildman–Crippen MR) is 70.7 cm³/mol. The molecule has 18 heavy (non-hydrogen) atoms. The van der Waals surface area contributed by atoms with Crippen molar-refractivity contribution >= 4 is 11.6 Å². The van der Waals surface area contributed by atoms with E-state index < -0.39 is 0 Å². The third-order valence-corrected chi connectivity index (χ3v) is 2.89. The van der Waals surface area contributed by atoms with E-state index in [0.717, 1.165) is 16.8 Å². The Morgan fingerprint density at radius 3 is 2.50 bits per heavy atom. The Labute approximate surface area is 111 Å². The molecule has 1 aromatic heterocycles. The molecule has 1 heterocycles. The van der Waals surface area contributed by atoms with E-state index in [-0.39, 0.29) is 6.61 Å². The van der Waals surface area contributed by atoms with Crippen LogP contribution in [0.25, 0.3) is 0 Å². The van der Waals surface area contributed by atoms with Crippen LogP contribution in [-0.2, 0) is 13.2 Å². The van der Waals surface area contributed by atoms with E-state index in [0.29, 0.717) is 17.5 Å². The van der Waals surface area contributed by atoms with Gasteiger partial charge in [0.2, 0.25) is 5.88 Å². The van der Waals surface area contributed by atoms with Crippen LogP contribution in [0.1, 0.15) is 16.8 Å². The Morgan fingerprint density at radius 2 is 1.89 bits per heavy atom. The van der Waals surface area contributed by atoms with Crippen LogP contribution < -0.4 is 4.74 Å². The number of nitrogens with zero attached hydrogens (tertiary/aromatic N) is 1. The molecule has 94 valence electrons. The van der Waals surface area contributed by atoms with Crippen molar-refractivity contribution < 1.29 is 9.84 Å². The zero-order valence-corrected chi connectivity index (χ0v) is 10.8. The molecule has 4 heteroatoms. The number of aryl methyl sites for hydroxylation is 1. The number of aromatic nitrogens is 1. The number of pyridine rings is 1. The maximum Gasteiger partial charge on any atom is 0.213 e. The first-order valence-electron chi connectivity index (χ1n) is 5.63. The molecule has 3 nitrogen and oxygen atoms in total. The summed E-state index contributed by atoms with van der Waals surface area (Å²) in [5.41, 5.74) is 2.63. The maximum absolute atomic E-state index is 9.05. The van der Waals surface area contributed by atoms with E-state index in [1.54, 1.807) is 6.07 Å². The van der Waals surface area contributed by atoms with Crippen molar-refractivity contribution in [3.8, 4) is 5.88 Å². The topological polar surface area (TPSA) is 42.4 Å². The van der Waals surface area contributed by atoms with Crippen LogP contribution in [0.5, 0.6) is 5.88 Å². The van der Waals surface area contributed by atoms with Crippen molar-refractivity contribution in [3.63, 3.8) is 0 Å². The molecule has 2 aromatic rings. The minimum Gasteiger partial charge on any atom is -0.473 e.